The lowest BCUT2D eigenvalue weighted by atomic mass is 10.3. The van der Waals surface area contributed by atoms with Crippen molar-refractivity contribution >= 4 is 78.7 Å². The van der Waals surface area contributed by atoms with Crippen LogP contribution in [0.4, 0.5) is 5.13 Å². The molecule has 144 valence electrons. The van der Waals surface area contributed by atoms with E-state index in [4.69, 9.17) is 34.8 Å². The van der Waals surface area contributed by atoms with E-state index in [-0.39, 0.29) is 5.91 Å². The first kappa shape index (κ1) is 19.7. The number of thiophene rings is 1. The van der Waals surface area contributed by atoms with Crippen LogP contribution in [-0.4, -0.2) is 27.0 Å². The van der Waals surface area contributed by atoms with Crippen LogP contribution in [0.2, 0.25) is 13.7 Å². The molecule has 0 atom stereocenters. The van der Waals surface area contributed by atoms with E-state index < -0.39 is 0 Å². The van der Waals surface area contributed by atoms with Gasteiger partial charge in [-0.3, -0.25) is 9.69 Å². The van der Waals surface area contributed by atoms with Crippen molar-refractivity contribution in [1.29, 1.82) is 0 Å². The first-order valence-corrected chi connectivity index (χ1v) is 11.1. The van der Waals surface area contributed by atoms with Gasteiger partial charge in [-0.2, -0.15) is 0 Å². The van der Waals surface area contributed by atoms with Crippen LogP contribution in [0, 0.1) is 0 Å². The van der Waals surface area contributed by atoms with Crippen LogP contribution in [0.15, 0.2) is 43.0 Å². The van der Waals surface area contributed by atoms with Crippen LogP contribution in [0.5, 0.6) is 0 Å². The molecule has 1 amide bonds. The Kier molecular flexibility index (Phi) is 5.89. The fourth-order valence-corrected chi connectivity index (χ4v) is 5.50. The third-order valence-corrected chi connectivity index (χ3v) is 6.92. The summed E-state index contributed by atoms with van der Waals surface area (Å²) in [5.74, 6) is -0.228. The third-order valence-electron chi connectivity index (χ3n) is 4.08. The minimum atomic E-state index is -0.228. The number of nitrogens with zero attached hydrogens (tertiary/aromatic N) is 4. The zero-order chi connectivity index (χ0) is 19.7. The number of halogens is 3. The van der Waals surface area contributed by atoms with Crippen LogP contribution in [0.25, 0.3) is 10.2 Å². The summed E-state index contributed by atoms with van der Waals surface area (Å²) in [5, 5.41) is 1.14. The van der Waals surface area contributed by atoms with Crippen molar-refractivity contribution in [3.05, 3.63) is 62.2 Å². The average Bonchev–Trinajstić information content (AvgIpc) is 3.38. The first-order chi connectivity index (χ1) is 13.5. The van der Waals surface area contributed by atoms with E-state index in [1.165, 1.54) is 22.7 Å². The number of carbonyl (C=O) groups is 1. The average molecular weight is 472 g/mol. The number of amides is 1. The number of hydrogen-bond acceptors (Lipinski definition) is 5. The summed E-state index contributed by atoms with van der Waals surface area (Å²) in [6, 6.07) is 7.19. The number of anilines is 1. The van der Waals surface area contributed by atoms with Crippen LogP contribution < -0.4 is 4.90 Å². The molecule has 0 spiro atoms. The smallest absolute Gasteiger partial charge is 0.262 e. The number of fused-ring (bicyclic) bond motifs is 1. The molecule has 28 heavy (non-hydrogen) atoms. The maximum Gasteiger partial charge on any atom is 0.262 e. The van der Waals surface area contributed by atoms with E-state index in [1.807, 2.05) is 22.9 Å². The van der Waals surface area contributed by atoms with Crippen molar-refractivity contribution in [2.45, 2.75) is 13.0 Å². The Morgan fingerprint density at radius 2 is 2.07 bits per heavy atom. The zero-order valence-electron chi connectivity index (χ0n) is 14.3. The van der Waals surface area contributed by atoms with Crippen molar-refractivity contribution in [3.63, 3.8) is 0 Å². The SMILES string of the molecule is O=C(c1cc(Cl)sc1Cl)N(CCCn1ccnc1)c1nc2c(Cl)cccc2s1. The maximum absolute atomic E-state index is 13.2. The summed E-state index contributed by atoms with van der Waals surface area (Å²) in [6.45, 7) is 1.20. The van der Waals surface area contributed by atoms with Gasteiger partial charge in [0.2, 0.25) is 0 Å². The highest BCUT2D eigenvalue weighted by Gasteiger charge is 2.25. The van der Waals surface area contributed by atoms with Gasteiger partial charge in [0.05, 0.1) is 25.9 Å². The van der Waals surface area contributed by atoms with E-state index in [9.17, 15) is 4.79 Å². The minimum Gasteiger partial charge on any atom is -0.337 e. The number of benzene rings is 1. The molecule has 3 heterocycles. The second-order valence-electron chi connectivity index (χ2n) is 5.93. The highest BCUT2D eigenvalue weighted by molar-refractivity contribution is 7.22. The number of para-hydroxylation sites is 1. The molecule has 5 nitrogen and oxygen atoms in total. The van der Waals surface area contributed by atoms with E-state index in [2.05, 4.69) is 9.97 Å². The van der Waals surface area contributed by atoms with Crippen molar-refractivity contribution in [1.82, 2.24) is 14.5 Å². The van der Waals surface area contributed by atoms with Gasteiger partial charge in [0.25, 0.3) is 5.91 Å². The lowest BCUT2D eigenvalue weighted by Crippen LogP contribution is -2.32. The molecule has 0 saturated carbocycles. The normalized spacial score (nSPS) is 11.2. The number of aryl methyl sites for hydroxylation is 1. The molecule has 0 fully saturated rings. The van der Waals surface area contributed by atoms with Crippen molar-refractivity contribution in [2.24, 2.45) is 0 Å². The van der Waals surface area contributed by atoms with E-state index >= 15 is 0 Å². The molecule has 1 aromatic carbocycles. The van der Waals surface area contributed by atoms with Crippen molar-refractivity contribution in [2.75, 3.05) is 11.4 Å². The Morgan fingerprint density at radius 1 is 1.21 bits per heavy atom. The van der Waals surface area contributed by atoms with Gasteiger partial charge in [-0.15, -0.1) is 11.3 Å². The van der Waals surface area contributed by atoms with E-state index in [1.54, 1.807) is 29.6 Å². The third kappa shape index (κ3) is 4.04. The molecular formula is C18H13Cl3N4OS2. The van der Waals surface area contributed by atoms with E-state index in [0.29, 0.717) is 36.5 Å². The Morgan fingerprint density at radius 3 is 2.75 bits per heavy atom. The summed E-state index contributed by atoms with van der Waals surface area (Å²) >= 11 is 21.1. The molecule has 10 heteroatoms. The van der Waals surface area contributed by atoms with E-state index in [0.717, 1.165) is 17.7 Å². The lowest BCUT2D eigenvalue weighted by Gasteiger charge is -2.19. The second-order valence-corrected chi connectivity index (χ2v) is 9.63. The Bertz CT molecular complexity index is 1120. The molecule has 0 saturated heterocycles. The Labute approximate surface area is 184 Å². The highest BCUT2D eigenvalue weighted by Crippen LogP contribution is 2.36. The van der Waals surface area contributed by atoms with Crippen molar-refractivity contribution in [3.8, 4) is 0 Å². The largest absolute Gasteiger partial charge is 0.337 e. The molecule has 0 unspecified atom stereocenters. The monoisotopic (exact) mass is 470 g/mol. The molecule has 0 aliphatic heterocycles. The zero-order valence-corrected chi connectivity index (χ0v) is 18.2. The number of rotatable bonds is 6. The van der Waals surface area contributed by atoms with Gasteiger partial charge in [0.1, 0.15) is 9.85 Å². The van der Waals surface area contributed by atoms with Gasteiger partial charge >= 0.3 is 0 Å². The molecule has 3 aromatic heterocycles. The van der Waals surface area contributed by atoms with Gasteiger partial charge in [0, 0.05) is 25.5 Å². The summed E-state index contributed by atoms with van der Waals surface area (Å²) < 4.78 is 3.73. The predicted molar refractivity (Wildman–Crippen MR) is 117 cm³/mol. The van der Waals surface area contributed by atoms with Gasteiger partial charge in [-0.1, -0.05) is 52.2 Å². The number of aromatic nitrogens is 3. The van der Waals surface area contributed by atoms with Crippen LogP contribution in [0.1, 0.15) is 16.8 Å². The van der Waals surface area contributed by atoms with Crippen molar-refractivity contribution < 1.29 is 4.79 Å². The summed E-state index contributed by atoms with van der Waals surface area (Å²) in [6.07, 6.45) is 6.09. The standard InChI is InChI=1S/C18H13Cl3N4OS2/c19-12-3-1-4-13-15(12)23-18(27-13)25(7-2-6-24-8-5-22-10-24)17(26)11-9-14(20)28-16(11)21/h1,3-5,8-10H,2,6-7H2. The van der Waals surface area contributed by atoms with Gasteiger partial charge in [-0.25, -0.2) is 9.97 Å². The molecule has 0 N–H and O–H groups in total. The molecular weight excluding hydrogens is 459 g/mol. The Balaban J connectivity index is 1.66. The predicted octanol–water partition coefficient (Wildman–Crippen LogP) is 6.25. The van der Waals surface area contributed by atoms with Crippen LogP contribution in [0.3, 0.4) is 0 Å². The maximum atomic E-state index is 13.2. The molecule has 4 rings (SSSR count). The molecule has 0 aliphatic carbocycles. The topological polar surface area (TPSA) is 51.0 Å². The summed E-state index contributed by atoms with van der Waals surface area (Å²) in [4.78, 5) is 23.5. The fraction of sp³-hybridized carbons (Fsp3) is 0.167. The highest BCUT2D eigenvalue weighted by atomic mass is 35.5. The van der Waals surface area contributed by atoms with Crippen LogP contribution in [-0.2, 0) is 6.54 Å². The van der Waals surface area contributed by atoms with Gasteiger partial charge in [-0.05, 0) is 24.6 Å². The summed E-state index contributed by atoms with van der Waals surface area (Å²) in [5.41, 5.74) is 1.07. The minimum absolute atomic E-state index is 0.228. The van der Waals surface area contributed by atoms with Crippen LogP contribution >= 0.6 is 57.5 Å². The second kappa shape index (κ2) is 8.39. The number of imidazole rings is 1. The quantitative estimate of drug-likeness (QED) is 0.334. The number of hydrogen-bond donors (Lipinski definition) is 0. The fourth-order valence-electron chi connectivity index (χ4n) is 2.76. The number of thiazole rings is 1. The Hall–Kier alpha value is -1.64. The lowest BCUT2D eigenvalue weighted by molar-refractivity contribution is 0.0987. The first-order valence-electron chi connectivity index (χ1n) is 8.30. The summed E-state index contributed by atoms with van der Waals surface area (Å²) in [7, 11) is 0. The van der Waals surface area contributed by atoms with Gasteiger partial charge < -0.3 is 4.57 Å². The molecule has 0 aliphatic rings. The van der Waals surface area contributed by atoms with Gasteiger partial charge in [0.15, 0.2) is 5.13 Å². The molecule has 0 radical (unpaired) electrons. The number of carbonyl (C=O) groups excluding carboxylic acids is 1. The molecule has 0 bridgehead atoms. The molecule has 4 aromatic rings.